The number of halogens is 1. The van der Waals surface area contributed by atoms with Gasteiger partial charge in [-0.25, -0.2) is 9.59 Å². The third-order valence-electron chi connectivity index (χ3n) is 11.2. The number of fused-ring (bicyclic) bond motifs is 5. The highest BCUT2D eigenvalue weighted by atomic mass is 35.5. The zero-order chi connectivity index (χ0) is 42.9. The molecule has 4 bridgehead atoms. The minimum absolute atomic E-state index is 0.0587. The van der Waals surface area contributed by atoms with Gasteiger partial charge in [0.25, 0.3) is 0 Å². The maximum absolute atomic E-state index is 14.3. The van der Waals surface area contributed by atoms with E-state index in [-0.39, 0.29) is 42.6 Å². The molecule has 4 rings (SSSR count). The molecule has 58 heavy (non-hydrogen) atoms. The number of hydrogen-bond acceptors (Lipinski definition) is 13. The summed E-state index contributed by atoms with van der Waals surface area (Å²) in [6.45, 7) is 8.82. The van der Waals surface area contributed by atoms with Crippen molar-refractivity contribution in [3.63, 3.8) is 0 Å². The van der Waals surface area contributed by atoms with E-state index in [9.17, 15) is 29.1 Å². The number of methoxy groups -OCH3 is 2. The lowest BCUT2D eigenvalue weighted by Crippen LogP contribution is -2.67. The molecule has 0 unspecified atom stereocenters. The molecule has 2 saturated heterocycles. The number of likely N-dealkylation sites (N-methyl/N-ethyl adjacent to an activating group) is 1. The van der Waals surface area contributed by atoms with E-state index in [1.54, 1.807) is 56.0 Å². The molecule has 0 spiro atoms. The van der Waals surface area contributed by atoms with Crippen molar-refractivity contribution in [2.75, 3.05) is 51.3 Å². The molecule has 322 valence electrons. The highest BCUT2D eigenvalue weighted by Gasteiger charge is 2.58. The number of Topliss-reactive ketones (excluding diaryl/α,β-unsaturated/α-hetero) is 1. The van der Waals surface area contributed by atoms with Crippen molar-refractivity contribution in [1.29, 1.82) is 0 Å². The molecular weight excluding hydrogens is 810 g/mol. The summed E-state index contributed by atoms with van der Waals surface area (Å²) in [7, 11) is 9.19. The number of hydrogen-bond donors (Lipinski definition) is 2. The predicted molar refractivity (Wildman–Crippen MR) is 225 cm³/mol. The Kier molecular flexibility index (Phi) is 17.0. The van der Waals surface area contributed by atoms with Gasteiger partial charge in [0, 0.05) is 57.9 Å². The van der Waals surface area contributed by atoms with Gasteiger partial charge in [0.15, 0.2) is 5.72 Å². The van der Waals surface area contributed by atoms with E-state index < -0.39 is 65.5 Å². The molecule has 0 radical (unpaired) electrons. The van der Waals surface area contributed by atoms with Crippen molar-refractivity contribution in [1.82, 2.24) is 10.2 Å². The number of aliphatic hydroxyl groups is 1. The fourth-order valence-corrected chi connectivity index (χ4v) is 9.79. The summed E-state index contributed by atoms with van der Waals surface area (Å²) in [5.74, 6) is -0.0803. The van der Waals surface area contributed by atoms with E-state index in [1.807, 2.05) is 26.8 Å². The van der Waals surface area contributed by atoms with Crippen molar-refractivity contribution in [2.24, 2.45) is 11.3 Å². The zero-order valence-corrected chi connectivity index (χ0v) is 37.2. The highest BCUT2D eigenvalue weighted by Crippen LogP contribution is 2.47. The van der Waals surface area contributed by atoms with Crippen LogP contribution in [0.5, 0.6) is 5.75 Å². The summed E-state index contributed by atoms with van der Waals surface area (Å²) in [6, 6.07) is 2.61. The second-order valence-electron chi connectivity index (χ2n) is 15.6. The Hall–Kier alpha value is -3.28. The van der Waals surface area contributed by atoms with Gasteiger partial charge in [-0.1, -0.05) is 70.8 Å². The van der Waals surface area contributed by atoms with Crippen LogP contribution in [0.1, 0.15) is 72.3 Å². The molecule has 8 atom stereocenters. The molecule has 3 aliphatic rings. The first-order chi connectivity index (χ1) is 27.3. The van der Waals surface area contributed by atoms with E-state index in [4.69, 9.17) is 35.3 Å². The Balaban J connectivity index is 1.66. The fraction of sp³-hybridized carbons (Fsp3) is 0.634. The van der Waals surface area contributed by atoms with Gasteiger partial charge in [-0.3, -0.25) is 14.9 Å². The molecule has 1 aromatic rings. The first kappa shape index (κ1) is 47.4. The van der Waals surface area contributed by atoms with E-state index in [0.717, 1.165) is 23.3 Å². The number of amides is 3. The topological polar surface area (TPSA) is 170 Å². The summed E-state index contributed by atoms with van der Waals surface area (Å²) in [4.78, 5) is 68.4. The molecule has 0 aliphatic carbocycles. The quantitative estimate of drug-likeness (QED) is 0.137. The first-order valence-electron chi connectivity index (χ1n) is 19.4. The van der Waals surface area contributed by atoms with Crippen LogP contribution >= 0.6 is 33.2 Å². The minimum Gasteiger partial charge on any atom is -0.495 e. The van der Waals surface area contributed by atoms with Gasteiger partial charge in [0.1, 0.15) is 40.9 Å². The molecule has 17 heteroatoms. The van der Waals surface area contributed by atoms with Crippen LogP contribution in [-0.4, -0.2) is 122 Å². The number of allylic oxidation sites excluding steroid dienone is 3. The maximum atomic E-state index is 14.3. The molecule has 2 fully saturated rings. The van der Waals surface area contributed by atoms with Crippen LogP contribution in [-0.2, 0) is 44.5 Å². The van der Waals surface area contributed by atoms with Gasteiger partial charge in [-0.05, 0) is 51.3 Å². The second kappa shape index (κ2) is 20.8. The van der Waals surface area contributed by atoms with Crippen molar-refractivity contribution >= 4 is 68.5 Å². The number of esters is 1. The molecule has 1 aromatic carbocycles. The number of rotatable bonds is 13. The SMILES string of the molecule is COc1cc2cc(c1Cl)N(C)C(=O)C[C@@H](OC(=O)[C@@H](C)N(C)C(=O)CCSSCCCC(C)=O)[C@@]1(C)CO[C@@H]1[C@@H](C)[C@H]1C[C@](O)(NC(=O)O1)[C@@H](OC)/C=C/C=C(\C)C2. The Bertz CT molecular complexity index is 1750. The number of nitrogens with one attached hydrogen (secondary N) is 1. The van der Waals surface area contributed by atoms with Gasteiger partial charge in [-0.2, -0.15) is 0 Å². The molecule has 2 N–H and O–H groups in total. The lowest BCUT2D eigenvalue weighted by molar-refractivity contribution is -0.261. The Labute approximate surface area is 354 Å². The molecule has 14 nitrogen and oxygen atoms in total. The van der Waals surface area contributed by atoms with E-state index >= 15 is 0 Å². The smallest absolute Gasteiger partial charge is 0.409 e. The number of ketones is 1. The van der Waals surface area contributed by atoms with Gasteiger partial charge in [-0.15, -0.1) is 0 Å². The van der Waals surface area contributed by atoms with Crippen LogP contribution in [0.3, 0.4) is 0 Å². The monoisotopic (exact) mass is 867 g/mol. The molecule has 0 saturated carbocycles. The van der Waals surface area contributed by atoms with Gasteiger partial charge in [0.2, 0.25) is 11.8 Å². The van der Waals surface area contributed by atoms with Crippen molar-refractivity contribution in [3.05, 3.63) is 46.5 Å². The lowest BCUT2D eigenvalue weighted by atomic mass is 9.67. The number of benzene rings is 1. The molecule has 3 aliphatic heterocycles. The van der Waals surface area contributed by atoms with E-state index in [2.05, 4.69) is 5.32 Å². The average molecular weight is 869 g/mol. The van der Waals surface area contributed by atoms with Crippen molar-refractivity contribution < 1.29 is 52.8 Å². The summed E-state index contributed by atoms with van der Waals surface area (Å²) >= 11 is 6.80. The van der Waals surface area contributed by atoms with Gasteiger partial charge in [0.05, 0.1) is 37.3 Å². The van der Waals surface area contributed by atoms with Gasteiger partial charge < -0.3 is 43.4 Å². The zero-order valence-electron chi connectivity index (χ0n) is 34.8. The molecular formula is C41H58ClN3O11S2. The second-order valence-corrected chi connectivity index (χ2v) is 18.7. The Morgan fingerprint density at radius 1 is 1.17 bits per heavy atom. The normalized spacial score (nSPS) is 29.7. The van der Waals surface area contributed by atoms with Crippen molar-refractivity contribution in [3.8, 4) is 5.75 Å². The largest absolute Gasteiger partial charge is 0.495 e. The average Bonchev–Trinajstić information content (AvgIpc) is 3.16. The van der Waals surface area contributed by atoms with Crippen LogP contribution in [0.25, 0.3) is 0 Å². The summed E-state index contributed by atoms with van der Waals surface area (Å²) in [6.07, 6.45) is 2.47. The third kappa shape index (κ3) is 11.5. The van der Waals surface area contributed by atoms with Crippen LogP contribution in [0.2, 0.25) is 5.02 Å². The number of ether oxygens (including phenoxy) is 5. The standard InChI is InChI=1S/C41H58ClN3O11S2/c1-24-12-10-14-32(53-9)41(51)22-31(55-39(50)43-41)26(3)37-40(5,23-54-37)33(21-35(48)45(7)29-19-28(18-24)20-30(52-8)36(29)42)56-38(49)27(4)44(6)34(47)15-17-58-57-16-11-13-25(2)46/h10,12,14,19-20,26-27,31-33,37,51H,11,13,15-18,21-23H2,1-9H3,(H,43,50)/b14-10+,24-12+/t26-,27+,31+,32-,33+,37+,40+,41+/m0/s1. The fourth-order valence-electron chi connectivity index (χ4n) is 7.41. The Morgan fingerprint density at radius 3 is 2.52 bits per heavy atom. The predicted octanol–water partition coefficient (Wildman–Crippen LogP) is 5.90. The number of carbonyl (C=O) groups is 5. The maximum Gasteiger partial charge on any atom is 0.409 e. The molecule has 3 heterocycles. The number of anilines is 1. The number of nitrogens with zero attached hydrogens (tertiary/aromatic N) is 2. The van der Waals surface area contributed by atoms with E-state index in [1.165, 1.54) is 41.9 Å². The lowest BCUT2D eigenvalue weighted by Gasteiger charge is -2.55. The summed E-state index contributed by atoms with van der Waals surface area (Å²) < 4.78 is 29.4. The van der Waals surface area contributed by atoms with Crippen LogP contribution in [0, 0.1) is 11.3 Å². The van der Waals surface area contributed by atoms with E-state index in [0.29, 0.717) is 30.0 Å². The molecule has 3 amide bonds. The number of carbonyl (C=O) groups excluding carboxylic acids is 5. The summed E-state index contributed by atoms with van der Waals surface area (Å²) in [5, 5.41) is 14.6. The third-order valence-corrected chi connectivity index (χ3v) is 14.1. The van der Waals surface area contributed by atoms with Crippen LogP contribution < -0.4 is 15.0 Å². The first-order valence-corrected chi connectivity index (χ1v) is 22.2. The highest BCUT2D eigenvalue weighted by molar-refractivity contribution is 8.76. The minimum atomic E-state index is -1.84. The van der Waals surface area contributed by atoms with Crippen molar-refractivity contribution in [2.45, 2.75) is 109 Å². The molecule has 0 aromatic heterocycles. The van der Waals surface area contributed by atoms with Gasteiger partial charge >= 0.3 is 12.1 Å². The van der Waals surface area contributed by atoms with Crippen LogP contribution in [0.15, 0.2) is 35.9 Å². The summed E-state index contributed by atoms with van der Waals surface area (Å²) in [5.41, 5.74) is -0.692. The Morgan fingerprint density at radius 2 is 1.88 bits per heavy atom. The van der Waals surface area contributed by atoms with Crippen LogP contribution in [0.4, 0.5) is 10.5 Å². The number of alkyl carbamates (subject to hydrolysis) is 1.